The van der Waals surface area contributed by atoms with Crippen LogP contribution in [0.2, 0.25) is 0 Å². The number of hydrogen-bond donors (Lipinski definition) is 0. The van der Waals surface area contributed by atoms with Crippen molar-refractivity contribution < 1.29 is 57.4 Å². The normalized spacial score (nSPS) is 7.79. The van der Waals surface area contributed by atoms with Gasteiger partial charge in [0.25, 0.3) is 0 Å². The number of pyridine rings is 1. The fourth-order valence-corrected chi connectivity index (χ4v) is 1.86. The number of carbonyl (C=O) groups is 2. The molecule has 0 aliphatic carbocycles. The molecule has 0 unspecified atom stereocenters. The Morgan fingerprint density at radius 3 is 1.34 bits per heavy atom. The number of unbranched alkanes of at least 4 members (excludes halogenated alkanes) is 4. The molecule has 1 heterocycles. The molecule has 1 rings (SSSR count). The first-order valence-electron chi connectivity index (χ1n) is 7.98. The summed E-state index contributed by atoms with van der Waals surface area (Å²) >= 11 is 0. The van der Waals surface area contributed by atoms with Gasteiger partial charge >= 0.3 is 11.9 Å². The van der Waals surface area contributed by atoms with Crippen molar-refractivity contribution in [2.75, 3.05) is 13.2 Å². The predicted octanol–water partition coefficient (Wildman–Crippen LogP) is -2.00. The maximum atomic E-state index is 11.9. The zero-order chi connectivity index (χ0) is 16.2. The summed E-state index contributed by atoms with van der Waals surface area (Å²) in [6.45, 7) is 4.94. The van der Waals surface area contributed by atoms with E-state index < -0.39 is 11.9 Å². The van der Waals surface area contributed by atoms with Gasteiger partial charge in [-0.25, -0.2) is 9.59 Å². The third-order valence-corrected chi connectivity index (χ3v) is 3.17. The molecule has 0 amide bonds. The van der Waals surface area contributed by atoms with E-state index >= 15 is 0 Å². The van der Waals surface area contributed by atoms with Crippen molar-refractivity contribution in [1.82, 2.24) is 4.98 Å². The molecule has 0 aliphatic heterocycles. The van der Waals surface area contributed by atoms with Crippen molar-refractivity contribution in [2.45, 2.75) is 52.4 Å². The Morgan fingerprint density at radius 2 is 1.03 bits per heavy atom. The van der Waals surface area contributed by atoms with Gasteiger partial charge in [-0.1, -0.05) is 39.5 Å². The number of rotatable bonds is 10. The first-order chi connectivity index (χ1) is 10.7. The first kappa shape index (κ1) is 45.5. The Morgan fingerprint density at radius 1 is 0.690 bits per heavy atom. The summed E-state index contributed by atoms with van der Waals surface area (Å²) in [6.07, 6.45) is 8.66. The Hall–Kier alpha value is -2.19. The van der Waals surface area contributed by atoms with Gasteiger partial charge in [-0.2, -0.15) is 0 Å². The number of carbonyl (C=O) groups excluding carboxylic acids is 2. The fourth-order valence-electron chi connectivity index (χ4n) is 1.86. The Kier molecular flexibility index (Phi) is 44.0. The summed E-state index contributed by atoms with van der Waals surface area (Å²) in [6, 6.07) is 1.47. The van der Waals surface area contributed by atoms with Gasteiger partial charge in [-0.15, -0.1) is 0 Å². The Balaban J connectivity index is -0.000000138. The van der Waals surface area contributed by atoms with Gasteiger partial charge in [0.15, 0.2) is 0 Å². The molecule has 0 saturated heterocycles. The van der Waals surface area contributed by atoms with E-state index in [0.717, 1.165) is 38.5 Å². The average Bonchev–Trinajstić information content (AvgIpc) is 2.55. The molecule has 0 atom stereocenters. The summed E-state index contributed by atoms with van der Waals surface area (Å²) < 4.78 is 10.3. The lowest BCUT2D eigenvalue weighted by molar-refractivity contribution is 0.0495. The minimum absolute atomic E-state index is 0. The molecule has 12 heteroatoms. The fraction of sp³-hybridized carbons (Fsp3) is 0.588. The minimum atomic E-state index is -0.454. The zero-order valence-corrected chi connectivity index (χ0v) is 17.0. The van der Waals surface area contributed by atoms with E-state index in [2.05, 4.69) is 18.8 Å². The first-order valence-corrected chi connectivity index (χ1v) is 7.98. The predicted molar refractivity (Wildman–Crippen MR) is 109 cm³/mol. The van der Waals surface area contributed by atoms with Gasteiger partial charge in [0.2, 0.25) is 0 Å². The van der Waals surface area contributed by atoms with Crippen LogP contribution in [0.25, 0.3) is 0 Å². The number of nitrogens with zero attached hydrogens (tertiary/aromatic N) is 1. The highest BCUT2D eigenvalue weighted by atomic mass is 16.5. The largest absolute Gasteiger partial charge is 0.462 e. The summed E-state index contributed by atoms with van der Waals surface area (Å²) in [5.41, 5.74) is 0.555. The van der Waals surface area contributed by atoms with Crippen molar-refractivity contribution in [3.63, 3.8) is 0 Å². The summed E-state index contributed by atoms with van der Waals surface area (Å²) in [4.78, 5) is 27.6. The van der Waals surface area contributed by atoms with E-state index in [1.807, 2.05) is 0 Å². The van der Waals surface area contributed by atoms with Crippen LogP contribution >= 0.6 is 0 Å². The lowest BCUT2D eigenvalue weighted by Gasteiger charge is -2.06. The highest BCUT2D eigenvalue weighted by Gasteiger charge is 2.13. The van der Waals surface area contributed by atoms with Crippen LogP contribution in [0.5, 0.6) is 0 Å². The molecule has 0 aromatic carbocycles. The molecule has 1 aromatic heterocycles. The topological polar surface area (TPSA) is 286 Å². The standard InChI is InChI=1S/C17H25NO4.7H2O/c1-3-5-7-9-21-16(19)14-11-15(13-18-12-14)17(20)22-10-8-6-4-2;;;;;;;/h11-13H,3-10H2,1-2H3;7*1H2. The third-order valence-electron chi connectivity index (χ3n) is 3.17. The van der Waals surface area contributed by atoms with E-state index in [9.17, 15) is 9.59 Å². The van der Waals surface area contributed by atoms with Crippen molar-refractivity contribution >= 4 is 11.9 Å². The number of aromatic nitrogens is 1. The maximum Gasteiger partial charge on any atom is 0.339 e. The summed E-state index contributed by atoms with van der Waals surface area (Å²) in [7, 11) is 0. The van der Waals surface area contributed by atoms with Gasteiger partial charge in [0, 0.05) is 12.4 Å². The van der Waals surface area contributed by atoms with Crippen LogP contribution < -0.4 is 0 Å². The molecule has 178 valence electrons. The van der Waals surface area contributed by atoms with E-state index in [1.165, 1.54) is 18.5 Å². The monoisotopic (exact) mass is 433 g/mol. The van der Waals surface area contributed by atoms with E-state index in [0.29, 0.717) is 13.2 Å². The molecular weight excluding hydrogens is 394 g/mol. The van der Waals surface area contributed by atoms with Gasteiger partial charge in [-0.05, 0) is 18.9 Å². The highest BCUT2D eigenvalue weighted by molar-refractivity contribution is 5.94. The SMILES string of the molecule is CCCCCOC(=O)c1cncc(C(=O)OCCCCC)c1.O.O.O.O.O.O.O. The molecule has 12 nitrogen and oxygen atoms in total. The van der Waals surface area contributed by atoms with Crippen LogP contribution in [0.15, 0.2) is 18.5 Å². The smallest absolute Gasteiger partial charge is 0.339 e. The molecule has 14 N–H and O–H groups in total. The van der Waals surface area contributed by atoms with Crippen LogP contribution in [0.1, 0.15) is 73.1 Å². The number of hydrogen-bond acceptors (Lipinski definition) is 5. The van der Waals surface area contributed by atoms with Gasteiger partial charge < -0.3 is 47.8 Å². The molecule has 29 heavy (non-hydrogen) atoms. The van der Waals surface area contributed by atoms with Gasteiger partial charge in [0.05, 0.1) is 24.3 Å². The third kappa shape index (κ3) is 18.9. The van der Waals surface area contributed by atoms with Crippen LogP contribution in [0.4, 0.5) is 0 Å². The summed E-state index contributed by atoms with van der Waals surface area (Å²) in [5, 5.41) is 0. The van der Waals surface area contributed by atoms with Crippen LogP contribution in [-0.4, -0.2) is 68.5 Å². The molecular formula is C17H39NO11. The lowest BCUT2D eigenvalue weighted by Crippen LogP contribution is -2.11. The second kappa shape index (κ2) is 28.0. The second-order valence-corrected chi connectivity index (χ2v) is 5.15. The van der Waals surface area contributed by atoms with Crippen LogP contribution in [0, 0.1) is 0 Å². The van der Waals surface area contributed by atoms with E-state index in [1.54, 1.807) is 0 Å². The zero-order valence-electron chi connectivity index (χ0n) is 17.0. The Labute approximate surface area is 170 Å². The van der Waals surface area contributed by atoms with Gasteiger partial charge in [0.1, 0.15) is 0 Å². The van der Waals surface area contributed by atoms with E-state index in [-0.39, 0.29) is 49.5 Å². The quantitative estimate of drug-likeness (QED) is 0.298. The van der Waals surface area contributed by atoms with Gasteiger partial charge in [-0.3, -0.25) is 4.98 Å². The Bertz CT molecular complexity index is 447. The molecule has 0 fully saturated rings. The average molecular weight is 433 g/mol. The number of esters is 2. The van der Waals surface area contributed by atoms with Crippen molar-refractivity contribution in [3.8, 4) is 0 Å². The van der Waals surface area contributed by atoms with Crippen LogP contribution in [-0.2, 0) is 9.47 Å². The van der Waals surface area contributed by atoms with Crippen molar-refractivity contribution in [2.24, 2.45) is 0 Å². The molecule has 0 radical (unpaired) electrons. The molecule has 0 aliphatic rings. The minimum Gasteiger partial charge on any atom is -0.462 e. The molecule has 0 spiro atoms. The maximum absolute atomic E-state index is 11.9. The van der Waals surface area contributed by atoms with Crippen molar-refractivity contribution in [1.29, 1.82) is 0 Å². The molecule has 1 aromatic rings. The summed E-state index contributed by atoms with van der Waals surface area (Å²) in [5.74, 6) is -0.909. The second-order valence-electron chi connectivity index (χ2n) is 5.15. The van der Waals surface area contributed by atoms with Crippen molar-refractivity contribution in [3.05, 3.63) is 29.6 Å². The van der Waals surface area contributed by atoms with E-state index in [4.69, 9.17) is 9.47 Å². The lowest BCUT2D eigenvalue weighted by atomic mass is 10.2. The highest BCUT2D eigenvalue weighted by Crippen LogP contribution is 2.08. The number of ether oxygens (including phenoxy) is 2. The molecule has 0 bridgehead atoms. The van der Waals surface area contributed by atoms with Crippen LogP contribution in [0.3, 0.4) is 0 Å². The molecule has 0 saturated carbocycles.